The summed E-state index contributed by atoms with van der Waals surface area (Å²) in [7, 11) is 0. The van der Waals surface area contributed by atoms with Crippen molar-refractivity contribution in [1.82, 2.24) is 4.98 Å². The molecule has 0 bridgehead atoms. The number of hydrogen-bond donors (Lipinski definition) is 0. The molecule has 11 heavy (non-hydrogen) atoms. The van der Waals surface area contributed by atoms with Gasteiger partial charge in [0, 0.05) is 6.20 Å². The standard InChI is InChI=1S/C6H2Cl3NO/c7-4-3(6(9)11)1-2-10-5(4)8/h1-2H. The van der Waals surface area contributed by atoms with Crippen molar-refractivity contribution in [3.63, 3.8) is 0 Å². The topological polar surface area (TPSA) is 30.0 Å². The fourth-order valence-corrected chi connectivity index (χ4v) is 1.13. The summed E-state index contributed by atoms with van der Waals surface area (Å²) in [6.07, 6.45) is 1.36. The first-order valence-electron chi connectivity index (χ1n) is 2.62. The average Bonchev–Trinajstić information content (AvgIpc) is 1.94. The third kappa shape index (κ3) is 1.83. The van der Waals surface area contributed by atoms with Gasteiger partial charge in [-0.2, -0.15) is 0 Å². The van der Waals surface area contributed by atoms with Gasteiger partial charge in [0.2, 0.25) is 0 Å². The summed E-state index contributed by atoms with van der Waals surface area (Å²) < 4.78 is 0. The fraction of sp³-hybridized carbons (Fsp3) is 0. The van der Waals surface area contributed by atoms with Crippen LogP contribution in [0.4, 0.5) is 0 Å². The van der Waals surface area contributed by atoms with Crippen molar-refractivity contribution in [3.05, 3.63) is 28.0 Å². The predicted molar refractivity (Wildman–Crippen MR) is 44.4 cm³/mol. The molecular weight excluding hydrogens is 208 g/mol. The molecule has 0 N–H and O–H groups in total. The molecule has 1 aromatic rings. The van der Waals surface area contributed by atoms with E-state index >= 15 is 0 Å². The van der Waals surface area contributed by atoms with Gasteiger partial charge in [-0.15, -0.1) is 0 Å². The molecule has 5 heteroatoms. The quantitative estimate of drug-likeness (QED) is 0.527. The van der Waals surface area contributed by atoms with Gasteiger partial charge in [-0.3, -0.25) is 4.79 Å². The van der Waals surface area contributed by atoms with E-state index in [1.54, 1.807) is 0 Å². The largest absolute Gasteiger partial charge is 0.276 e. The minimum Gasteiger partial charge on any atom is -0.276 e. The second kappa shape index (κ2) is 3.39. The summed E-state index contributed by atoms with van der Waals surface area (Å²) >= 11 is 16.3. The second-order valence-electron chi connectivity index (χ2n) is 1.74. The Bertz CT molecular complexity index is 300. The molecule has 1 rings (SSSR count). The van der Waals surface area contributed by atoms with Crippen LogP contribution in [0.15, 0.2) is 12.3 Å². The van der Waals surface area contributed by atoms with Gasteiger partial charge >= 0.3 is 0 Å². The van der Waals surface area contributed by atoms with Gasteiger partial charge in [0.15, 0.2) is 0 Å². The third-order valence-corrected chi connectivity index (χ3v) is 2.03. The molecule has 0 aliphatic rings. The SMILES string of the molecule is O=C(Cl)c1ccnc(Cl)c1Cl. The van der Waals surface area contributed by atoms with E-state index in [0.717, 1.165) is 0 Å². The lowest BCUT2D eigenvalue weighted by Gasteiger charge is -1.97. The lowest BCUT2D eigenvalue weighted by molar-refractivity contribution is 0.108. The summed E-state index contributed by atoms with van der Waals surface area (Å²) in [5.74, 6) is 0. The Labute approximate surface area is 78.1 Å². The van der Waals surface area contributed by atoms with Crippen LogP contribution in [-0.2, 0) is 0 Å². The zero-order valence-electron chi connectivity index (χ0n) is 5.14. The first-order chi connectivity index (χ1) is 5.13. The maximum absolute atomic E-state index is 10.6. The number of aromatic nitrogens is 1. The van der Waals surface area contributed by atoms with Crippen LogP contribution in [0, 0.1) is 0 Å². The zero-order valence-corrected chi connectivity index (χ0v) is 7.41. The van der Waals surface area contributed by atoms with Crippen LogP contribution in [0.5, 0.6) is 0 Å². The smallest absolute Gasteiger partial charge is 0.254 e. The number of halogens is 3. The van der Waals surface area contributed by atoms with Crippen LogP contribution in [0.2, 0.25) is 10.2 Å². The first kappa shape index (κ1) is 8.78. The maximum atomic E-state index is 10.6. The summed E-state index contributed by atoms with van der Waals surface area (Å²) in [4.78, 5) is 14.3. The van der Waals surface area contributed by atoms with E-state index in [2.05, 4.69) is 4.98 Å². The van der Waals surface area contributed by atoms with Gasteiger partial charge in [-0.25, -0.2) is 4.98 Å². The van der Waals surface area contributed by atoms with Crippen molar-refractivity contribution >= 4 is 40.0 Å². The first-order valence-corrected chi connectivity index (χ1v) is 3.76. The van der Waals surface area contributed by atoms with E-state index in [1.807, 2.05) is 0 Å². The molecule has 58 valence electrons. The molecule has 0 atom stereocenters. The van der Waals surface area contributed by atoms with Crippen LogP contribution in [0.25, 0.3) is 0 Å². The Balaban J connectivity index is 3.27. The molecule has 0 saturated heterocycles. The Morgan fingerprint density at radius 2 is 2.09 bits per heavy atom. The molecule has 0 radical (unpaired) electrons. The number of pyridine rings is 1. The van der Waals surface area contributed by atoms with Crippen LogP contribution in [0.3, 0.4) is 0 Å². The number of carbonyl (C=O) groups excluding carboxylic acids is 1. The highest BCUT2D eigenvalue weighted by Gasteiger charge is 2.10. The van der Waals surface area contributed by atoms with Gasteiger partial charge in [0.1, 0.15) is 5.15 Å². The Morgan fingerprint density at radius 1 is 1.45 bits per heavy atom. The van der Waals surface area contributed by atoms with E-state index in [0.29, 0.717) is 0 Å². The van der Waals surface area contributed by atoms with Crippen molar-refractivity contribution in [1.29, 1.82) is 0 Å². The van der Waals surface area contributed by atoms with Gasteiger partial charge < -0.3 is 0 Å². The van der Waals surface area contributed by atoms with Crippen molar-refractivity contribution in [3.8, 4) is 0 Å². The van der Waals surface area contributed by atoms with Crippen molar-refractivity contribution in [2.24, 2.45) is 0 Å². The summed E-state index contributed by atoms with van der Waals surface area (Å²) in [5, 5.41) is -0.466. The highest BCUT2D eigenvalue weighted by atomic mass is 35.5. The van der Waals surface area contributed by atoms with Gasteiger partial charge in [0.25, 0.3) is 5.24 Å². The number of rotatable bonds is 1. The molecule has 1 heterocycles. The lowest BCUT2D eigenvalue weighted by atomic mass is 10.3. The molecule has 2 nitrogen and oxygen atoms in total. The monoisotopic (exact) mass is 209 g/mol. The molecule has 1 aromatic heterocycles. The molecule has 0 saturated carbocycles. The normalized spacial score (nSPS) is 9.73. The van der Waals surface area contributed by atoms with E-state index in [1.165, 1.54) is 12.3 Å². The highest BCUT2D eigenvalue weighted by Crippen LogP contribution is 2.24. The molecule has 0 spiro atoms. The third-order valence-electron chi connectivity index (χ3n) is 1.06. The van der Waals surface area contributed by atoms with Crippen LogP contribution in [0.1, 0.15) is 10.4 Å². The average molecular weight is 210 g/mol. The molecule has 0 aliphatic heterocycles. The van der Waals surface area contributed by atoms with Crippen LogP contribution < -0.4 is 0 Å². The van der Waals surface area contributed by atoms with E-state index in [-0.39, 0.29) is 15.7 Å². The van der Waals surface area contributed by atoms with Gasteiger partial charge in [0.05, 0.1) is 10.6 Å². The summed E-state index contributed by atoms with van der Waals surface area (Å²) in [5.41, 5.74) is 0.174. The van der Waals surface area contributed by atoms with Crippen LogP contribution >= 0.6 is 34.8 Å². The molecule has 0 amide bonds. The molecule has 0 aromatic carbocycles. The van der Waals surface area contributed by atoms with Crippen molar-refractivity contribution < 1.29 is 4.79 Å². The number of hydrogen-bond acceptors (Lipinski definition) is 2. The molecular formula is C6H2Cl3NO. The Morgan fingerprint density at radius 3 is 2.55 bits per heavy atom. The lowest BCUT2D eigenvalue weighted by Crippen LogP contribution is -1.91. The van der Waals surface area contributed by atoms with Gasteiger partial charge in [-0.1, -0.05) is 23.2 Å². The summed E-state index contributed by atoms with van der Waals surface area (Å²) in [6.45, 7) is 0. The predicted octanol–water partition coefficient (Wildman–Crippen LogP) is 2.77. The number of nitrogens with zero attached hydrogens (tertiary/aromatic N) is 1. The zero-order chi connectivity index (χ0) is 8.43. The Hall–Kier alpha value is -0.310. The fourth-order valence-electron chi connectivity index (χ4n) is 0.570. The Kier molecular flexibility index (Phi) is 2.71. The summed E-state index contributed by atoms with van der Waals surface area (Å²) in [6, 6.07) is 1.41. The van der Waals surface area contributed by atoms with E-state index in [4.69, 9.17) is 34.8 Å². The maximum Gasteiger partial charge on any atom is 0.254 e. The molecule has 0 fully saturated rings. The molecule has 0 unspecified atom stereocenters. The second-order valence-corrected chi connectivity index (χ2v) is 2.82. The van der Waals surface area contributed by atoms with Gasteiger partial charge in [-0.05, 0) is 17.7 Å². The van der Waals surface area contributed by atoms with E-state index < -0.39 is 5.24 Å². The van der Waals surface area contributed by atoms with Crippen molar-refractivity contribution in [2.75, 3.05) is 0 Å². The minimum absolute atomic E-state index is 0.0816. The van der Waals surface area contributed by atoms with Crippen molar-refractivity contribution in [2.45, 2.75) is 0 Å². The molecule has 0 aliphatic carbocycles. The number of carbonyl (C=O) groups is 1. The van der Waals surface area contributed by atoms with E-state index in [9.17, 15) is 4.79 Å². The highest BCUT2D eigenvalue weighted by molar-refractivity contribution is 6.69. The van der Waals surface area contributed by atoms with Crippen LogP contribution in [-0.4, -0.2) is 10.2 Å². The minimum atomic E-state index is -0.640.